The van der Waals surface area contributed by atoms with Crippen molar-refractivity contribution >= 4 is 66.7 Å². The van der Waals surface area contributed by atoms with E-state index in [-0.39, 0.29) is 41.8 Å². The van der Waals surface area contributed by atoms with E-state index in [0.29, 0.717) is 38.8 Å². The van der Waals surface area contributed by atoms with Gasteiger partial charge in [0, 0.05) is 50.3 Å². The summed E-state index contributed by atoms with van der Waals surface area (Å²) in [7, 11) is 0. The lowest BCUT2D eigenvalue weighted by Crippen LogP contribution is -2.47. The number of rotatable bonds is 25. The maximum absolute atomic E-state index is 15.0. The first kappa shape index (κ1) is 44.5. The van der Waals surface area contributed by atoms with Gasteiger partial charge in [0.15, 0.2) is 0 Å². The molecule has 0 aliphatic carbocycles. The van der Waals surface area contributed by atoms with Crippen molar-refractivity contribution in [3.8, 4) is 5.75 Å². The predicted molar refractivity (Wildman–Crippen MR) is 252 cm³/mol. The van der Waals surface area contributed by atoms with Gasteiger partial charge in [-0.3, -0.25) is 29.0 Å². The maximum Gasteiger partial charge on any atom is 0.261 e. The topological polar surface area (TPSA) is 84.0 Å². The van der Waals surface area contributed by atoms with E-state index in [4.69, 9.17) is 4.74 Å². The molecular formula is C54H70N2O5. The number of hydrogen-bond donors (Lipinski definition) is 0. The molecular weight excluding hydrogens is 757 g/mol. The zero-order chi connectivity index (χ0) is 43.2. The first-order valence-corrected chi connectivity index (χ1v) is 24.4. The van der Waals surface area contributed by atoms with Gasteiger partial charge in [-0.15, -0.1) is 0 Å². The van der Waals surface area contributed by atoms with E-state index in [1.54, 1.807) is 9.80 Å². The lowest BCUT2D eigenvalue weighted by atomic mass is 9.81. The summed E-state index contributed by atoms with van der Waals surface area (Å²) in [6, 6.07) is 13.4. The molecule has 4 amide bonds. The summed E-state index contributed by atoms with van der Waals surface area (Å²) in [6.45, 7) is 12.9. The van der Waals surface area contributed by atoms with Gasteiger partial charge in [-0.25, -0.2) is 0 Å². The van der Waals surface area contributed by atoms with Gasteiger partial charge in [-0.2, -0.15) is 0 Å². The Bertz CT molecular complexity index is 2330. The Labute approximate surface area is 364 Å². The third-order valence-corrected chi connectivity index (χ3v) is 14.0. The molecule has 0 saturated heterocycles. The van der Waals surface area contributed by atoms with Crippen LogP contribution in [0, 0.1) is 0 Å². The van der Waals surface area contributed by atoms with E-state index < -0.39 is 0 Å². The van der Waals surface area contributed by atoms with Crippen LogP contribution in [0.25, 0.3) is 43.1 Å². The number of amides is 4. The second-order valence-corrected chi connectivity index (χ2v) is 18.3. The molecule has 0 fully saturated rings. The summed E-state index contributed by atoms with van der Waals surface area (Å²) in [4.78, 5) is 62.4. The van der Waals surface area contributed by atoms with Gasteiger partial charge >= 0.3 is 0 Å². The molecule has 5 aromatic carbocycles. The molecule has 2 aliphatic heterocycles. The molecule has 0 saturated carbocycles. The van der Waals surface area contributed by atoms with Crippen molar-refractivity contribution in [2.45, 2.75) is 195 Å². The van der Waals surface area contributed by atoms with Crippen molar-refractivity contribution in [3.05, 3.63) is 64.7 Å². The number of ether oxygens (including phenoxy) is 1. The normalized spacial score (nSPS) is 14.8. The van der Waals surface area contributed by atoms with Gasteiger partial charge in [0.1, 0.15) is 5.75 Å². The number of benzene rings is 5. The van der Waals surface area contributed by atoms with Crippen molar-refractivity contribution in [2.75, 3.05) is 0 Å². The molecule has 7 heteroatoms. The fraction of sp³-hybridized carbons (Fsp3) is 0.556. The third-order valence-electron chi connectivity index (χ3n) is 14.0. The van der Waals surface area contributed by atoms with Crippen LogP contribution in [-0.4, -0.2) is 51.6 Å². The Kier molecular flexibility index (Phi) is 14.7. The quantitative estimate of drug-likeness (QED) is 0.0253. The van der Waals surface area contributed by atoms with Crippen LogP contribution in [0.3, 0.4) is 0 Å². The Morgan fingerprint density at radius 3 is 1.21 bits per heavy atom. The van der Waals surface area contributed by atoms with Crippen LogP contribution in [0.4, 0.5) is 0 Å². The van der Waals surface area contributed by atoms with Crippen molar-refractivity contribution in [3.63, 3.8) is 0 Å². The molecule has 0 N–H and O–H groups in total. The van der Waals surface area contributed by atoms with Crippen LogP contribution in [0.15, 0.2) is 42.5 Å². The van der Waals surface area contributed by atoms with Crippen LogP contribution >= 0.6 is 0 Å². The third kappa shape index (κ3) is 8.52. The van der Waals surface area contributed by atoms with Crippen LogP contribution in [0.5, 0.6) is 5.75 Å². The van der Waals surface area contributed by atoms with E-state index in [0.717, 1.165) is 167 Å². The summed E-state index contributed by atoms with van der Waals surface area (Å²) in [6.07, 6.45) is 21.3. The molecule has 61 heavy (non-hydrogen) atoms. The van der Waals surface area contributed by atoms with Crippen LogP contribution in [0.1, 0.15) is 218 Å². The molecule has 2 heterocycles. The smallest absolute Gasteiger partial charge is 0.261 e. The van der Waals surface area contributed by atoms with Gasteiger partial charge in [0.2, 0.25) is 0 Å². The molecule has 2 aliphatic rings. The molecule has 1 atom stereocenters. The fourth-order valence-electron chi connectivity index (χ4n) is 10.5. The Morgan fingerprint density at radius 2 is 0.803 bits per heavy atom. The van der Waals surface area contributed by atoms with E-state index in [9.17, 15) is 19.2 Å². The van der Waals surface area contributed by atoms with Gasteiger partial charge in [0.05, 0.1) is 11.7 Å². The zero-order valence-corrected chi connectivity index (χ0v) is 38.1. The van der Waals surface area contributed by atoms with Crippen LogP contribution in [0.2, 0.25) is 0 Å². The van der Waals surface area contributed by atoms with Gasteiger partial charge < -0.3 is 4.74 Å². The summed E-state index contributed by atoms with van der Waals surface area (Å²) < 4.78 is 6.79. The summed E-state index contributed by atoms with van der Waals surface area (Å²) >= 11 is 0. The number of hydrogen-bond acceptors (Lipinski definition) is 5. The monoisotopic (exact) mass is 827 g/mol. The minimum atomic E-state index is -0.238. The van der Waals surface area contributed by atoms with Crippen LogP contribution in [-0.2, 0) is 0 Å². The zero-order valence-electron chi connectivity index (χ0n) is 38.1. The van der Waals surface area contributed by atoms with Crippen molar-refractivity contribution < 1.29 is 23.9 Å². The minimum Gasteiger partial charge on any atom is -0.490 e. The number of fused-ring (bicyclic) bond motifs is 2. The van der Waals surface area contributed by atoms with Gasteiger partial charge in [-0.05, 0) is 84.8 Å². The molecule has 0 spiro atoms. The highest BCUT2D eigenvalue weighted by molar-refractivity contribution is 6.42. The molecule has 5 aromatic rings. The number of carbonyl (C=O) groups excluding carboxylic acids is 4. The molecule has 1 unspecified atom stereocenters. The molecule has 0 radical (unpaired) electrons. The predicted octanol–water partition coefficient (Wildman–Crippen LogP) is 14.7. The molecule has 0 bridgehead atoms. The van der Waals surface area contributed by atoms with E-state index >= 15 is 0 Å². The molecule has 0 aromatic heterocycles. The first-order valence-electron chi connectivity index (χ1n) is 24.4. The van der Waals surface area contributed by atoms with E-state index in [1.165, 1.54) is 0 Å². The second-order valence-electron chi connectivity index (χ2n) is 18.3. The summed E-state index contributed by atoms with van der Waals surface area (Å²) in [5.41, 5.74) is 2.19. The summed E-state index contributed by atoms with van der Waals surface area (Å²) in [5.74, 6) is -0.273. The number of unbranched alkanes of at least 4 members (excludes halogenated alkanes) is 12. The maximum atomic E-state index is 15.0. The Hall–Kier alpha value is -4.52. The largest absolute Gasteiger partial charge is 0.490 e. The van der Waals surface area contributed by atoms with Crippen molar-refractivity contribution in [1.82, 2.24) is 9.80 Å². The lowest BCUT2D eigenvalue weighted by molar-refractivity contribution is 0.0501. The summed E-state index contributed by atoms with van der Waals surface area (Å²) in [5, 5.41) is 6.54. The fourth-order valence-corrected chi connectivity index (χ4v) is 10.5. The lowest BCUT2D eigenvalue weighted by Gasteiger charge is -2.36. The van der Waals surface area contributed by atoms with Gasteiger partial charge in [-0.1, -0.05) is 156 Å². The van der Waals surface area contributed by atoms with Crippen molar-refractivity contribution in [1.29, 1.82) is 0 Å². The Morgan fingerprint density at radius 1 is 0.426 bits per heavy atom. The highest BCUT2D eigenvalue weighted by Crippen LogP contribution is 2.50. The SMILES string of the molecule is CCCCCCC(CCCCCC)N1C(=O)c2ccc3c4ccc5c6c(cc(OC(C)CC)c(c7ccc(c2c37)C1=O)c64)C(=O)N(C(CCCCCC)CCCCCC)C5=O. The average Bonchev–Trinajstić information content (AvgIpc) is 3.26. The number of carbonyl (C=O) groups is 4. The molecule has 7 nitrogen and oxygen atoms in total. The molecule has 326 valence electrons. The average molecular weight is 827 g/mol. The van der Waals surface area contributed by atoms with Crippen molar-refractivity contribution in [2.24, 2.45) is 0 Å². The van der Waals surface area contributed by atoms with Crippen LogP contribution < -0.4 is 4.74 Å². The highest BCUT2D eigenvalue weighted by Gasteiger charge is 2.41. The second kappa shape index (κ2) is 20.1. The van der Waals surface area contributed by atoms with Gasteiger partial charge in [0.25, 0.3) is 23.6 Å². The standard InChI is InChI=1S/C54H70N2O5/c1-7-12-16-20-24-36(25-21-17-13-8-2)55-51(57)41-31-28-38-39-29-32-43-48-44(54(60)56(53(43)59)37(26-22-18-14-9-3)27-23-19-15-10-4)34-45(61-35(6)11-5)49(50(39)48)40-30-33-42(52(55)58)47(41)46(38)40/h28-37H,7-27H2,1-6H3. The minimum absolute atomic E-state index is 0.140. The molecule has 7 rings (SSSR count). The highest BCUT2D eigenvalue weighted by atomic mass is 16.5. The van der Waals surface area contributed by atoms with E-state index in [1.807, 2.05) is 49.4 Å². The van der Waals surface area contributed by atoms with E-state index in [2.05, 4.69) is 34.6 Å². The Balaban J connectivity index is 1.38. The first-order chi connectivity index (χ1) is 29.7. The number of imide groups is 2. The number of nitrogens with zero attached hydrogens (tertiary/aromatic N) is 2.